The molecule has 0 spiro atoms. The molecule has 0 unspecified atom stereocenters. The number of benzene rings is 1. The fraction of sp³-hybridized carbons (Fsp3) is 0.476. The minimum atomic E-state index is -0.696. The third-order valence-corrected chi connectivity index (χ3v) is 13.4. The number of aromatic amines is 2. The summed E-state index contributed by atoms with van der Waals surface area (Å²) in [4.78, 5) is 76.0. The van der Waals surface area contributed by atoms with Crippen LogP contribution in [-0.4, -0.2) is 93.1 Å². The predicted octanol–water partition coefficient (Wildman–Crippen LogP) is 7.99. The Morgan fingerprint density at radius 3 is 1.76 bits per heavy atom. The number of thiophene rings is 2. The lowest BCUT2D eigenvalue weighted by molar-refractivity contribution is -0.136. The predicted molar refractivity (Wildman–Crippen MR) is 225 cm³/mol. The number of carbonyl (C=O) groups is 4. The molecule has 4 aromatic heterocycles. The molecular formula is C42H52N8O6S2. The van der Waals surface area contributed by atoms with Crippen LogP contribution in [0.25, 0.3) is 41.8 Å². The van der Waals surface area contributed by atoms with E-state index in [9.17, 15) is 19.2 Å². The number of fused-ring (bicyclic) bond motifs is 1. The molecule has 6 atom stereocenters. The van der Waals surface area contributed by atoms with Gasteiger partial charge < -0.3 is 39.9 Å². The van der Waals surface area contributed by atoms with Gasteiger partial charge in [-0.3, -0.25) is 9.59 Å². The summed E-state index contributed by atoms with van der Waals surface area (Å²) in [5.41, 5.74) is 4.00. The van der Waals surface area contributed by atoms with Crippen LogP contribution in [0, 0.1) is 23.7 Å². The van der Waals surface area contributed by atoms with E-state index in [2.05, 4.69) is 76.9 Å². The lowest BCUT2D eigenvalue weighted by Crippen LogP contribution is -2.51. The average molecular weight is 829 g/mol. The van der Waals surface area contributed by atoms with Crippen molar-refractivity contribution in [3.05, 3.63) is 60.3 Å². The van der Waals surface area contributed by atoms with E-state index in [4.69, 9.17) is 19.4 Å². The number of amides is 4. The van der Waals surface area contributed by atoms with Crippen molar-refractivity contribution in [1.29, 1.82) is 0 Å². The number of rotatable bonds is 11. The number of imidazole rings is 2. The zero-order valence-corrected chi connectivity index (χ0v) is 35.8. The molecule has 58 heavy (non-hydrogen) atoms. The molecule has 0 saturated carbocycles. The smallest absolute Gasteiger partial charge is 0.407 e. The molecule has 7 rings (SSSR count). The third kappa shape index (κ3) is 8.35. The van der Waals surface area contributed by atoms with Crippen LogP contribution in [0.4, 0.5) is 9.59 Å². The monoisotopic (exact) mass is 828 g/mol. The van der Waals surface area contributed by atoms with Crippen LogP contribution in [0.3, 0.4) is 0 Å². The van der Waals surface area contributed by atoms with E-state index in [1.54, 1.807) is 22.7 Å². The summed E-state index contributed by atoms with van der Waals surface area (Å²) in [5, 5.41) is 5.44. The second kappa shape index (κ2) is 16.9. The number of methoxy groups -OCH3 is 2. The first-order valence-corrected chi connectivity index (χ1v) is 21.4. The second-order valence-electron chi connectivity index (χ2n) is 16.3. The van der Waals surface area contributed by atoms with Gasteiger partial charge in [0.1, 0.15) is 28.6 Å². The van der Waals surface area contributed by atoms with Gasteiger partial charge in [-0.15, -0.1) is 22.7 Å². The van der Waals surface area contributed by atoms with Crippen LogP contribution < -0.4 is 10.6 Å². The van der Waals surface area contributed by atoms with Crippen LogP contribution in [0.1, 0.15) is 78.1 Å². The van der Waals surface area contributed by atoms with Crippen molar-refractivity contribution in [1.82, 2.24) is 40.4 Å². The fourth-order valence-electron chi connectivity index (χ4n) is 8.05. The Bertz CT molecular complexity index is 2240. The highest BCUT2D eigenvalue weighted by molar-refractivity contribution is 7.21. The normalized spacial score (nSPS) is 20.5. The van der Waals surface area contributed by atoms with Gasteiger partial charge in [0, 0.05) is 22.8 Å². The number of nitrogens with zero attached hydrogens (tertiary/aromatic N) is 4. The lowest BCUT2D eigenvalue weighted by atomic mass is 10.0. The van der Waals surface area contributed by atoms with Crippen molar-refractivity contribution in [2.75, 3.05) is 27.3 Å². The minimum absolute atomic E-state index is 0.107. The van der Waals surface area contributed by atoms with Crippen molar-refractivity contribution in [2.45, 2.75) is 78.6 Å². The van der Waals surface area contributed by atoms with Crippen molar-refractivity contribution in [3.8, 4) is 31.5 Å². The number of aromatic nitrogens is 4. The molecule has 2 aliphatic rings. The van der Waals surface area contributed by atoms with Gasteiger partial charge in [0.15, 0.2) is 0 Å². The summed E-state index contributed by atoms with van der Waals surface area (Å²) in [6, 6.07) is 13.0. The molecule has 308 valence electrons. The SMILES string of the molecule is COC(=O)N[C@H](C(=O)N1C[C@@H](C)C[C@H]1c1ncc(-c2ccc(-c3ccc(-c4cc5[nH]c([C@@H]6C[C@H](C)CN6C(=O)[C@@H](NC(=O)OC)C(C)C)nc5s4)cc3)s2)[nH]1)C(C)C. The number of ether oxygens (including phenoxy) is 2. The van der Waals surface area contributed by atoms with E-state index >= 15 is 0 Å². The van der Waals surface area contributed by atoms with Gasteiger partial charge >= 0.3 is 12.2 Å². The first-order chi connectivity index (χ1) is 27.7. The van der Waals surface area contributed by atoms with Crippen LogP contribution >= 0.6 is 22.7 Å². The van der Waals surface area contributed by atoms with Gasteiger partial charge in [-0.25, -0.2) is 19.6 Å². The molecule has 0 radical (unpaired) electrons. The van der Waals surface area contributed by atoms with Crippen LogP contribution in [0.2, 0.25) is 0 Å². The highest BCUT2D eigenvalue weighted by Crippen LogP contribution is 2.41. The Kier molecular flexibility index (Phi) is 12.0. The number of nitrogens with one attached hydrogen (secondary N) is 4. The molecular weight excluding hydrogens is 777 g/mol. The molecule has 2 aliphatic heterocycles. The number of hydrogen-bond acceptors (Lipinski definition) is 10. The minimum Gasteiger partial charge on any atom is -0.453 e. The van der Waals surface area contributed by atoms with Crippen LogP contribution in [0.15, 0.2) is 48.7 Å². The van der Waals surface area contributed by atoms with Crippen molar-refractivity contribution < 1.29 is 28.7 Å². The molecule has 4 amide bonds. The maximum atomic E-state index is 13.7. The first kappa shape index (κ1) is 41.0. The maximum Gasteiger partial charge on any atom is 0.407 e. The van der Waals surface area contributed by atoms with Gasteiger partial charge in [0.25, 0.3) is 0 Å². The second-order valence-corrected chi connectivity index (χ2v) is 18.4. The summed E-state index contributed by atoms with van der Waals surface area (Å²) in [6.07, 6.45) is 2.15. The van der Waals surface area contributed by atoms with Gasteiger partial charge in [-0.05, 0) is 65.8 Å². The van der Waals surface area contributed by atoms with Gasteiger partial charge in [-0.1, -0.05) is 65.8 Å². The Morgan fingerprint density at radius 2 is 1.24 bits per heavy atom. The Labute approximate surface area is 346 Å². The Hall–Kier alpha value is -5.22. The van der Waals surface area contributed by atoms with Crippen molar-refractivity contribution in [2.24, 2.45) is 23.7 Å². The van der Waals surface area contributed by atoms with E-state index < -0.39 is 24.3 Å². The van der Waals surface area contributed by atoms with E-state index in [0.29, 0.717) is 19.0 Å². The fourth-order valence-corrected chi connectivity index (χ4v) is 10.0. The molecule has 16 heteroatoms. The first-order valence-electron chi connectivity index (χ1n) is 19.8. The average Bonchev–Trinajstić information content (AvgIpc) is 4.05. The van der Waals surface area contributed by atoms with E-state index in [-0.39, 0.29) is 41.7 Å². The Balaban J connectivity index is 1.03. The molecule has 0 aliphatic carbocycles. The highest BCUT2D eigenvalue weighted by Gasteiger charge is 2.41. The molecule has 5 aromatic rings. The van der Waals surface area contributed by atoms with E-state index in [1.807, 2.05) is 43.7 Å². The summed E-state index contributed by atoms with van der Waals surface area (Å²) in [5.74, 6) is 1.58. The number of likely N-dealkylation sites (tertiary alicyclic amines) is 2. The molecule has 0 bridgehead atoms. The molecule has 2 saturated heterocycles. The third-order valence-electron chi connectivity index (χ3n) is 11.1. The molecule has 14 nitrogen and oxygen atoms in total. The molecule has 4 N–H and O–H groups in total. The van der Waals surface area contributed by atoms with Crippen LogP contribution in [0.5, 0.6) is 0 Å². The van der Waals surface area contributed by atoms with Crippen LogP contribution in [-0.2, 0) is 19.1 Å². The lowest BCUT2D eigenvalue weighted by Gasteiger charge is -2.30. The largest absolute Gasteiger partial charge is 0.453 e. The summed E-state index contributed by atoms with van der Waals surface area (Å²) >= 11 is 3.28. The number of alkyl carbamates (subject to hydrolysis) is 2. The van der Waals surface area contributed by atoms with E-state index in [0.717, 1.165) is 66.3 Å². The van der Waals surface area contributed by atoms with Crippen molar-refractivity contribution >= 4 is 57.0 Å². The standard InChI is InChI=1S/C42H52N8O6S2/c1-21(2)34(46-41(53)55-7)39(51)49-19-23(5)15-29(49)36-43-18-28(45-36)32-14-13-31(57-32)25-9-11-26(12-10-25)33-17-27-38(58-33)48-37(44-27)30-16-24(6)20-50(30)40(52)35(22(3)4)47-42(54)56-8/h9-14,17-18,21-24,29-30,34-35H,15-16,19-20H2,1-8H3,(H,43,45)(H,44,48)(H,46,53)(H,47,54)/t23-,24-,29-,30-,34-,35-/m0/s1. The summed E-state index contributed by atoms with van der Waals surface area (Å²) in [7, 11) is 2.59. The highest BCUT2D eigenvalue weighted by atomic mass is 32.1. The van der Waals surface area contributed by atoms with Crippen molar-refractivity contribution in [3.63, 3.8) is 0 Å². The Morgan fingerprint density at radius 1 is 0.724 bits per heavy atom. The molecule has 2 fully saturated rings. The summed E-state index contributed by atoms with van der Waals surface area (Å²) in [6.45, 7) is 13.1. The zero-order chi connectivity index (χ0) is 41.4. The number of H-pyrrole nitrogens is 2. The van der Waals surface area contributed by atoms with Gasteiger partial charge in [0.2, 0.25) is 11.8 Å². The quantitative estimate of drug-likeness (QED) is 0.104. The number of hydrogen-bond donors (Lipinski definition) is 4. The topological polar surface area (TPSA) is 175 Å². The summed E-state index contributed by atoms with van der Waals surface area (Å²) < 4.78 is 9.57. The van der Waals surface area contributed by atoms with Gasteiger partial charge in [0.05, 0.1) is 48.6 Å². The zero-order valence-electron chi connectivity index (χ0n) is 34.1. The van der Waals surface area contributed by atoms with Gasteiger partial charge in [-0.2, -0.15) is 0 Å². The van der Waals surface area contributed by atoms with E-state index in [1.165, 1.54) is 14.2 Å². The number of carbonyl (C=O) groups excluding carboxylic acids is 4. The maximum absolute atomic E-state index is 13.7. The molecule has 1 aromatic carbocycles. The molecule has 6 heterocycles.